The summed E-state index contributed by atoms with van der Waals surface area (Å²) in [6.45, 7) is 5.31. The quantitative estimate of drug-likeness (QED) is 0.620. The largest absolute Gasteiger partial charge is 0.331 e. The molecule has 1 aromatic rings. The molecule has 0 aromatic carbocycles. The molecule has 0 radical (unpaired) electrons. The summed E-state index contributed by atoms with van der Waals surface area (Å²) in [6.07, 6.45) is 1.77. The van der Waals surface area contributed by atoms with Crippen molar-refractivity contribution in [1.82, 2.24) is 4.98 Å². The van der Waals surface area contributed by atoms with Crippen LogP contribution in [0.4, 0.5) is 0 Å². The second-order valence-electron chi connectivity index (χ2n) is 1.49. The van der Waals surface area contributed by atoms with Gasteiger partial charge >= 0.3 is 0 Å². The first kappa shape index (κ1) is 13.2. The van der Waals surface area contributed by atoms with Crippen LogP contribution in [0.2, 0.25) is 0 Å². The lowest BCUT2D eigenvalue weighted by Crippen LogP contribution is -1.87. The molecule has 1 rings (SSSR count). The van der Waals surface area contributed by atoms with Crippen molar-refractivity contribution in [1.29, 1.82) is 0 Å². The van der Waals surface area contributed by atoms with Gasteiger partial charge in [-0.3, -0.25) is 4.98 Å². The number of aromatic nitrogens is 1. The molecule has 0 aliphatic rings. The van der Waals surface area contributed by atoms with Gasteiger partial charge in [-0.25, -0.2) is 0 Å². The molecule has 1 heterocycles. The van der Waals surface area contributed by atoms with Gasteiger partial charge in [0.25, 0.3) is 0 Å². The predicted molar refractivity (Wildman–Crippen MR) is 51.6 cm³/mol. The summed E-state index contributed by atoms with van der Waals surface area (Å²) in [7, 11) is 0. The van der Waals surface area contributed by atoms with Crippen LogP contribution in [0.25, 0.3) is 0 Å². The molecule has 0 saturated heterocycles. The van der Waals surface area contributed by atoms with Gasteiger partial charge in [0, 0.05) is 11.6 Å². The molecular formula is C7H17N3S. The standard InChI is InChI=1S/C3H3NS.2C2H7N/c1-2-5-3-4-1;2*1-2-3/h1-3H;2*2-3H2,1H3. The molecule has 4 heteroatoms. The van der Waals surface area contributed by atoms with Crippen LogP contribution in [-0.4, -0.2) is 18.1 Å². The first-order chi connectivity index (χ1) is 5.33. The van der Waals surface area contributed by atoms with E-state index in [4.69, 9.17) is 11.5 Å². The number of hydrogen-bond donors (Lipinski definition) is 2. The number of rotatable bonds is 0. The van der Waals surface area contributed by atoms with E-state index < -0.39 is 0 Å². The lowest BCUT2D eigenvalue weighted by molar-refractivity contribution is 1.14. The summed E-state index contributed by atoms with van der Waals surface area (Å²) in [4.78, 5) is 3.74. The van der Waals surface area contributed by atoms with Crippen LogP contribution in [0.3, 0.4) is 0 Å². The van der Waals surface area contributed by atoms with Crippen molar-refractivity contribution in [2.75, 3.05) is 13.1 Å². The minimum absolute atomic E-state index is 0.750. The molecule has 0 atom stereocenters. The molecule has 0 fully saturated rings. The molecule has 4 N–H and O–H groups in total. The van der Waals surface area contributed by atoms with Gasteiger partial charge in [0.15, 0.2) is 0 Å². The molecule has 0 saturated carbocycles. The molecular weight excluding hydrogens is 158 g/mol. The number of nitrogens with zero attached hydrogens (tertiary/aromatic N) is 1. The maximum Gasteiger partial charge on any atom is 0.0791 e. The Labute approximate surface area is 72.4 Å². The van der Waals surface area contributed by atoms with Crippen LogP contribution in [0.1, 0.15) is 13.8 Å². The fourth-order valence-corrected chi connectivity index (χ4v) is 0.527. The highest BCUT2D eigenvalue weighted by atomic mass is 32.1. The number of hydrogen-bond acceptors (Lipinski definition) is 4. The van der Waals surface area contributed by atoms with Crippen LogP contribution in [0.15, 0.2) is 17.1 Å². The van der Waals surface area contributed by atoms with Crippen molar-refractivity contribution in [3.05, 3.63) is 17.1 Å². The second kappa shape index (κ2) is 16.3. The highest BCUT2D eigenvalue weighted by Crippen LogP contribution is 1.85. The van der Waals surface area contributed by atoms with Gasteiger partial charge in [-0.15, -0.1) is 11.3 Å². The fourth-order valence-electron chi connectivity index (χ4n) is 0.176. The molecule has 66 valence electrons. The Morgan fingerprint density at radius 3 is 1.82 bits per heavy atom. The molecule has 1 aromatic heterocycles. The van der Waals surface area contributed by atoms with E-state index in [0.717, 1.165) is 13.1 Å². The average Bonchev–Trinajstić information content (AvgIpc) is 2.44. The van der Waals surface area contributed by atoms with Crippen LogP contribution in [0.5, 0.6) is 0 Å². The van der Waals surface area contributed by atoms with Gasteiger partial charge in [0.05, 0.1) is 5.51 Å². The van der Waals surface area contributed by atoms with Crippen LogP contribution >= 0.6 is 11.3 Å². The lowest BCUT2D eigenvalue weighted by Gasteiger charge is -1.53. The molecule has 0 amide bonds. The zero-order valence-corrected chi connectivity index (χ0v) is 7.97. The summed E-state index contributed by atoms with van der Waals surface area (Å²) < 4.78 is 0. The van der Waals surface area contributed by atoms with Gasteiger partial charge in [0.2, 0.25) is 0 Å². The van der Waals surface area contributed by atoms with Gasteiger partial charge in [-0.2, -0.15) is 0 Å². The zero-order valence-electron chi connectivity index (χ0n) is 7.16. The van der Waals surface area contributed by atoms with Gasteiger partial charge in [-0.05, 0) is 13.1 Å². The van der Waals surface area contributed by atoms with Crippen molar-refractivity contribution >= 4 is 11.3 Å². The minimum Gasteiger partial charge on any atom is -0.331 e. The second-order valence-corrected chi connectivity index (χ2v) is 2.25. The average molecular weight is 175 g/mol. The molecule has 0 aliphatic carbocycles. The Hall–Kier alpha value is -0.450. The highest BCUT2D eigenvalue weighted by Gasteiger charge is 1.59. The normalized spacial score (nSPS) is 6.91. The molecule has 0 bridgehead atoms. The van der Waals surface area contributed by atoms with Crippen molar-refractivity contribution in [3.63, 3.8) is 0 Å². The van der Waals surface area contributed by atoms with E-state index in [-0.39, 0.29) is 0 Å². The van der Waals surface area contributed by atoms with E-state index in [1.165, 1.54) is 0 Å². The Bertz CT molecular complexity index is 89.2. The van der Waals surface area contributed by atoms with Crippen molar-refractivity contribution in [2.24, 2.45) is 11.5 Å². The Morgan fingerprint density at radius 1 is 1.27 bits per heavy atom. The highest BCUT2D eigenvalue weighted by molar-refractivity contribution is 7.07. The summed E-state index contributed by atoms with van der Waals surface area (Å²) in [5.74, 6) is 0. The summed E-state index contributed by atoms with van der Waals surface area (Å²) in [5.41, 5.74) is 11.5. The third-order valence-electron chi connectivity index (χ3n) is 0.347. The summed E-state index contributed by atoms with van der Waals surface area (Å²) in [6, 6.07) is 0. The minimum atomic E-state index is 0.750. The predicted octanol–water partition coefficient (Wildman–Crippen LogP) is 1.07. The van der Waals surface area contributed by atoms with Gasteiger partial charge < -0.3 is 11.5 Å². The van der Waals surface area contributed by atoms with Gasteiger partial charge in [0.1, 0.15) is 0 Å². The molecule has 3 nitrogen and oxygen atoms in total. The van der Waals surface area contributed by atoms with Crippen LogP contribution in [0, 0.1) is 0 Å². The van der Waals surface area contributed by atoms with E-state index >= 15 is 0 Å². The first-order valence-corrected chi connectivity index (χ1v) is 4.49. The summed E-state index contributed by atoms with van der Waals surface area (Å²) in [5, 5.41) is 1.93. The summed E-state index contributed by atoms with van der Waals surface area (Å²) >= 11 is 1.60. The first-order valence-electron chi connectivity index (χ1n) is 3.55. The SMILES string of the molecule is CCN.CCN.c1cscn1. The Kier molecular flexibility index (Phi) is 19.5. The third-order valence-corrected chi connectivity index (χ3v) is 0.869. The van der Waals surface area contributed by atoms with Crippen molar-refractivity contribution in [3.8, 4) is 0 Å². The van der Waals surface area contributed by atoms with E-state index in [9.17, 15) is 0 Å². The smallest absolute Gasteiger partial charge is 0.0791 e. The molecule has 0 spiro atoms. The Morgan fingerprint density at radius 2 is 1.73 bits per heavy atom. The van der Waals surface area contributed by atoms with Crippen LogP contribution < -0.4 is 11.5 Å². The Balaban J connectivity index is 0. The maximum atomic E-state index is 4.85. The number of nitrogens with two attached hydrogens (primary N) is 2. The van der Waals surface area contributed by atoms with E-state index in [1.807, 2.05) is 19.2 Å². The topological polar surface area (TPSA) is 64.9 Å². The van der Waals surface area contributed by atoms with E-state index in [0.29, 0.717) is 0 Å². The number of thiazole rings is 1. The molecule has 0 aliphatic heterocycles. The van der Waals surface area contributed by atoms with E-state index in [1.54, 1.807) is 23.0 Å². The van der Waals surface area contributed by atoms with Crippen LogP contribution in [-0.2, 0) is 0 Å². The zero-order chi connectivity index (χ0) is 8.95. The van der Waals surface area contributed by atoms with Crippen molar-refractivity contribution in [2.45, 2.75) is 13.8 Å². The monoisotopic (exact) mass is 175 g/mol. The lowest BCUT2D eigenvalue weighted by atomic mass is 10.8. The van der Waals surface area contributed by atoms with Crippen molar-refractivity contribution < 1.29 is 0 Å². The fraction of sp³-hybridized carbons (Fsp3) is 0.571. The third kappa shape index (κ3) is 26.3. The molecule has 0 unspecified atom stereocenters. The maximum absolute atomic E-state index is 4.85. The van der Waals surface area contributed by atoms with Gasteiger partial charge in [-0.1, -0.05) is 13.8 Å². The molecule has 11 heavy (non-hydrogen) atoms. The van der Waals surface area contributed by atoms with E-state index in [2.05, 4.69) is 4.98 Å².